The van der Waals surface area contributed by atoms with Gasteiger partial charge in [-0.1, -0.05) is 0 Å². The Kier molecular flexibility index (Phi) is 5.83. The maximum atomic E-state index is 5.66. The standard InChI is InChI=1S/C11H23ClN2/c1-13(2)11-5-9-14(10-6-11)8-4-3-7-12/h11H,3-10H2,1-2H3. The fourth-order valence-corrected chi connectivity index (χ4v) is 2.28. The highest BCUT2D eigenvalue weighted by molar-refractivity contribution is 6.17. The Morgan fingerprint density at radius 2 is 1.86 bits per heavy atom. The Bertz CT molecular complexity index is 142. The van der Waals surface area contributed by atoms with Crippen molar-refractivity contribution >= 4 is 11.6 Å². The van der Waals surface area contributed by atoms with E-state index < -0.39 is 0 Å². The largest absolute Gasteiger partial charge is 0.306 e. The van der Waals surface area contributed by atoms with Gasteiger partial charge in [0.05, 0.1) is 0 Å². The molecule has 1 saturated heterocycles. The zero-order valence-corrected chi connectivity index (χ0v) is 10.3. The third-order valence-electron chi connectivity index (χ3n) is 3.15. The number of rotatable bonds is 5. The number of hydrogen-bond donors (Lipinski definition) is 0. The summed E-state index contributed by atoms with van der Waals surface area (Å²) >= 11 is 5.66. The maximum Gasteiger partial charge on any atom is 0.0223 e. The molecule has 0 saturated carbocycles. The van der Waals surface area contributed by atoms with E-state index in [0.717, 1.165) is 18.3 Å². The molecule has 0 aliphatic carbocycles. The predicted molar refractivity (Wildman–Crippen MR) is 63.1 cm³/mol. The maximum absolute atomic E-state index is 5.66. The van der Waals surface area contributed by atoms with Crippen molar-refractivity contribution in [2.24, 2.45) is 0 Å². The molecule has 84 valence electrons. The third-order valence-corrected chi connectivity index (χ3v) is 3.41. The van der Waals surface area contributed by atoms with Gasteiger partial charge in [0.15, 0.2) is 0 Å². The summed E-state index contributed by atoms with van der Waals surface area (Å²) in [6, 6.07) is 0.805. The van der Waals surface area contributed by atoms with E-state index >= 15 is 0 Å². The molecule has 0 unspecified atom stereocenters. The third kappa shape index (κ3) is 4.16. The summed E-state index contributed by atoms with van der Waals surface area (Å²) in [7, 11) is 4.38. The number of likely N-dealkylation sites (tertiary alicyclic amines) is 1. The lowest BCUT2D eigenvalue weighted by molar-refractivity contribution is 0.144. The monoisotopic (exact) mass is 218 g/mol. The average Bonchev–Trinajstić information content (AvgIpc) is 2.19. The molecule has 0 N–H and O–H groups in total. The van der Waals surface area contributed by atoms with Crippen molar-refractivity contribution < 1.29 is 0 Å². The quantitative estimate of drug-likeness (QED) is 0.515. The van der Waals surface area contributed by atoms with Crippen molar-refractivity contribution in [1.82, 2.24) is 9.80 Å². The van der Waals surface area contributed by atoms with Gasteiger partial charge in [-0.2, -0.15) is 0 Å². The first-order valence-corrected chi connectivity index (χ1v) is 6.22. The molecule has 1 fully saturated rings. The minimum atomic E-state index is 0.805. The molecule has 1 rings (SSSR count). The van der Waals surface area contributed by atoms with Crippen molar-refractivity contribution in [2.75, 3.05) is 39.6 Å². The summed E-state index contributed by atoms with van der Waals surface area (Å²) in [6.07, 6.45) is 5.08. The van der Waals surface area contributed by atoms with Gasteiger partial charge in [-0.15, -0.1) is 11.6 Å². The van der Waals surface area contributed by atoms with Crippen LogP contribution in [0, 0.1) is 0 Å². The highest BCUT2D eigenvalue weighted by atomic mass is 35.5. The van der Waals surface area contributed by atoms with Crippen LogP contribution in [0.2, 0.25) is 0 Å². The molecule has 0 aromatic carbocycles. The molecule has 3 heteroatoms. The van der Waals surface area contributed by atoms with E-state index in [-0.39, 0.29) is 0 Å². The van der Waals surface area contributed by atoms with E-state index in [2.05, 4.69) is 23.9 Å². The number of alkyl halides is 1. The number of halogens is 1. The van der Waals surface area contributed by atoms with Gasteiger partial charge in [-0.3, -0.25) is 0 Å². The molecule has 0 spiro atoms. The van der Waals surface area contributed by atoms with Gasteiger partial charge in [0, 0.05) is 11.9 Å². The van der Waals surface area contributed by atoms with Crippen LogP contribution in [0.3, 0.4) is 0 Å². The SMILES string of the molecule is CN(C)C1CCN(CCCCCl)CC1. The summed E-state index contributed by atoms with van der Waals surface area (Å²) < 4.78 is 0. The van der Waals surface area contributed by atoms with Crippen LogP contribution in [0.5, 0.6) is 0 Å². The topological polar surface area (TPSA) is 6.48 Å². The van der Waals surface area contributed by atoms with Crippen LogP contribution in [0.1, 0.15) is 25.7 Å². The lowest BCUT2D eigenvalue weighted by Gasteiger charge is -2.35. The van der Waals surface area contributed by atoms with Crippen LogP contribution in [-0.2, 0) is 0 Å². The molecule has 0 radical (unpaired) electrons. The summed E-state index contributed by atoms with van der Waals surface area (Å²) in [6.45, 7) is 3.78. The highest BCUT2D eigenvalue weighted by Crippen LogP contribution is 2.14. The van der Waals surface area contributed by atoms with Crippen molar-refractivity contribution in [3.8, 4) is 0 Å². The van der Waals surface area contributed by atoms with Crippen molar-refractivity contribution in [3.05, 3.63) is 0 Å². The first-order chi connectivity index (χ1) is 6.74. The van der Waals surface area contributed by atoms with Crippen LogP contribution >= 0.6 is 11.6 Å². The van der Waals surface area contributed by atoms with Gasteiger partial charge in [0.1, 0.15) is 0 Å². The lowest BCUT2D eigenvalue weighted by Crippen LogP contribution is -2.42. The van der Waals surface area contributed by atoms with Crippen LogP contribution in [0.15, 0.2) is 0 Å². The Morgan fingerprint density at radius 1 is 1.21 bits per heavy atom. The van der Waals surface area contributed by atoms with Gasteiger partial charge in [0.2, 0.25) is 0 Å². The van der Waals surface area contributed by atoms with E-state index in [1.807, 2.05) is 0 Å². The molecular weight excluding hydrogens is 196 g/mol. The van der Waals surface area contributed by atoms with Gasteiger partial charge in [-0.05, 0) is 59.4 Å². The lowest BCUT2D eigenvalue weighted by atomic mass is 10.0. The summed E-state index contributed by atoms with van der Waals surface area (Å²) in [5.41, 5.74) is 0. The van der Waals surface area contributed by atoms with E-state index in [1.165, 1.54) is 38.9 Å². The molecule has 14 heavy (non-hydrogen) atoms. The Hall–Kier alpha value is 0.210. The minimum Gasteiger partial charge on any atom is -0.306 e. The zero-order valence-electron chi connectivity index (χ0n) is 9.51. The normalized spacial score (nSPS) is 20.6. The van der Waals surface area contributed by atoms with Gasteiger partial charge in [0.25, 0.3) is 0 Å². The Labute approximate surface area is 93.2 Å². The number of hydrogen-bond acceptors (Lipinski definition) is 2. The first-order valence-electron chi connectivity index (χ1n) is 5.69. The fourth-order valence-electron chi connectivity index (χ4n) is 2.09. The molecular formula is C11H23ClN2. The van der Waals surface area contributed by atoms with Crippen LogP contribution in [0.4, 0.5) is 0 Å². The van der Waals surface area contributed by atoms with E-state index in [9.17, 15) is 0 Å². The molecule has 0 aromatic heterocycles. The van der Waals surface area contributed by atoms with Crippen LogP contribution in [0.25, 0.3) is 0 Å². The van der Waals surface area contributed by atoms with Crippen molar-refractivity contribution in [1.29, 1.82) is 0 Å². The smallest absolute Gasteiger partial charge is 0.0223 e. The molecule has 2 nitrogen and oxygen atoms in total. The fraction of sp³-hybridized carbons (Fsp3) is 1.00. The number of nitrogens with zero attached hydrogens (tertiary/aromatic N) is 2. The predicted octanol–water partition coefficient (Wildman–Crippen LogP) is 2.03. The molecule has 1 aliphatic heterocycles. The molecule has 0 aromatic rings. The Morgan fingerprint density at radius 3 is 2.36 bits per heavy atom. The van der Waals surface area contributed by atoms with E-state index in [0.29, 0.717) is 0 Å². The van der Waals surface area contributed by atoms with Crippen molar-refractivity contribution in [3.63, 3.8) is 0 Å². The van der Waals surface area contributed by atoms with E-state index in [4.69, 9.17) is 11.6 Å². The Balaban J connectivity index is 2.09. The minimum absolute atomic E-state index is 0.805. The average molecular weight is 219 g/mol. The van der Waals surface area contributed by atoms with Gasteiger partial charge in [-0.25, -0.2) is 0 Å². The first kappa shape index (κ1) is 12.3. The van der Waals surface area contributed by atoms with Gasteiger partial charge >= 0.3 is 0 Å². The summed E-state index contributed by atoms with van der Waals surface area (Å²) in [5.74, 6) is 0.814. The van der Waals surface area contributed by atoms with Crippen LogP contribution in [-0.4, -0.2) is 55.5 Å². The number of unbranched alkanes of at least 4 members (excludes halogenated alkanes) is 1. The van der Waals surface area contributed by atoms with E-state index in [1.54, 1.807) is 0 Å². The molecule has 0 bridgehead atoms. The molecule has 1 heterocycles. The zero-order chi connectivity index (χ0) is 10.4. The summed E-state index contributed by atoms with van der Waals surface area (Å²) in [4.78, 5) is 4.93. The molecule has 0 amide bonds. The second-order valence-electron chi connectivity index (χ2n) is 4.43. The summed E-state index contributed by atoms with van der Waals surface area (Å²) in [5, 5.41) is 0. The second-order valence-corrected chi connectivity index (χ2v) is 4.81. The number of piperidine rings is 1. The molecule has 1 aliphatic rings. The van der Waals surface area contributed by atoms with Crippen molar-refractivity contribution in [2.45, 2.75) is 31.7 Å². The molecule has 0 atom stereocenters. The highest BCUT2D eigenvalue weighted by Gasteiger charge is 2.19. The van der Waals surface area contributed by atoms with Gasteiger partial charge < -0.3 is 9.80 Å². The van der Waals surface area contributed by atoms with Crippen LogP contribution < -0.4 is 0 Å². The second kappa shape index (κ2) is 6.65.